The van der Waals surface area contributed by atoms with Gasteiger partial charge in [0.15, 0.2) is 0 Å². The molecular formula is C38H62N6O7. The Kier molecular flexibility index (Phi) is 22.3. The monoisotopic (exact) mass is 714 g/mol. The van der Waals surface area contributed by atoms with E-state index in [1.165, 1.54) is 12.8 Å². The number of rotatable bonds is 25. The summed E-state index contributed by atoms with van der Waals surface area (Å²) >= 11 is 0. The number of carbonyl (C=O) groups excluding carboxylic acids is 5. The van der Waals surface area contributed by atoms with Crippen LogP contribution in [0.5, 0.6) is 0 Å². The maximum Gasteiger partial charge on any atom is 0.305 e. The second-order valence-corrected chi connectivity index (χ2v) is 13.2. The second kappa shape index (κ2) is 25.5. The van der Waals surface area contributed by atoms with Crippen LogP contribution in [0.2, 0.25) is 0 Å². The quantitative estimate of drug-likeness (QED) is 0.0713. The number of nitrogens with two attached hydrogens (primary N) is 2. The summed E-state index contributed by atoms with van der Waals surface area (Å²) < 4.78 is 0. The molecule has 2 rings (SSSR count). The van der Waals surface area contributed by atoms with Gasteiger partial charge in [-0.15, -0.1) is 0 Å². The van der Waals surface area contributed by atoms with Crippen LogP contribution in [0.15, 0.2) is 30.5 Å². The number of carbonyl (C=O) groups is 6. The largest absolute Gasteiger partial charge is 0.481 e. The van der Waals surface area contributed by atoms with Gasteiger partial charge in [0.25, 0.3) is 0 Å². The van der Waals surface area contributed by atoms with E-state index in [2.05, 4.69) is 48.6 Å². The number of hydrogen-bond donors (Lipinski definition) is 7. The molecule has 0 aliphatic carbocycles. The Hall–Kier alpha value is -4.42. The van der Waals surface area contributed by atoms with Gasteiger partial charge < -0.3 is 37.5 Å². The number of amides is 5. The molecule has 13 nitrogen and oxygen atoms in total. The summed E-state index contributed by atoms with van der Waals surface area (Å²) in [6.07, 6.45) is 13.6. The van der Waals surface area contributed by atoms with Gasteiger partial charge in [-0.05, 0) is 24.5 Å². The fourth-order valence-corrected chi connectivity index (χ4v) is 5.77. The fourth-order valence-electron chi connectivity index (χ4n) is 5.77. The standard InChI is InChI=1S/C35H54N6O7.C3H8/c1-3-5-7-9-10-12-16-23(15-11-8-6-4-2)33(46)40-28(19-24-22-38-26-18-14-13-17-25(24)26)34(47)41-29(20-30(36)42)35(48)39-27(32(37)45)21-31(43)44;1-3-2/h13-14,17-18,22-23,27-29,38H,3-12,15-16,19-21H2,1-2H3,(H2,36,42)(H2,37,45)(H,39,48)(H,40,46)(H,41,47)(H,43,44);3H2,1-2H3. The van der Waals surface area contributed by atoms with Crippen molar-refractivity contribution >= 4 is 46.4 Å². The molecule has 0 spiro atoms. The van der Waals surface area contributed by atoms with Crippen molar-refractivity contribution < 1.29 is 33.9 Å². The number of fused-ring (bicyclic) bond motifs is 1. The summed E-state index contributed by atoms with van der Waals surface area (Å²) in [6.45, 7) is 8.54. The molecule has 286 valence electrons. The highest BCUT2D eigenvalue weighted by Gasteiger charge is 2.32. The molecule has 0 bridgehead atoms. The van der Waals surface area contributed by atoms with Gasteiger partial charge in [0.2, 0.25) is 29.5 Å². The van der Waals surface area contributed by atoms with Crippen molar-refractivity contribution in [3.05, 3.63) is 36.0 Å². The number of nitrogens with one attached hydrogen (secondary N) is 4. The number of aromatic nitrogens is 1. The highest BCUT2D eigenvalue weighted by atomic mass is 16.4. The lowest BCUT2D eigenvalue weighted by Gasteiger charge is -2.25. The summed E-state index contributed by atoms with van der Waals surface area (Å²) in [6, 6.07) is 3.24. The average Bonchev–Trinajstić information content (AvgIpc) is 3.48. The molecule has 0 aliphatic heterocycles. The second-order valence-electron chi connectivity index (χ2n) is 13.2. The first-order valence-electron chi connectivity index (χ1n) is 18.6. The van der Waals surface area contributed by atoms with Crippen LogP contribution in [-0.2, 0) is 35.2 Å². The highest BCUT2D eigenvalue weighted by molar-refractivity contribution is 5.97. The molecule has 0 aliphatic rings. The summed E-state index contributed by atoms with van der Waals surface area (Å²) in [7, 11) is 0. The maximum atomic E-state index is 13.9. The first-order chi connectivity index (χ1) is 24.4. The molecule has 0 radical (unpaired) electrons. The highest BCUT2D eigenvalue weighted by Crippen LogP contribution is 2.22. The summed E-state index contributed by atoms with van der Waals surface area (Å²) in [5.41, 5.74) is 12.2. The van der Waals surface area contributed by atoms with Crippen LogP contribution in [-0.4, -0.2) is 63.7 Å². The molecule has 0 saturated carbocycles. The molecule has 51 heavy (non-hydrogen) atoms. The van der Waals surface area contributed by atoms with E-state index in [9.17, 15) is 28.8 Å². The van der Waals surface area contributed by atoms with E-state index < -0.39 is 60.6 Å². The van der Waals surface area contributed by atoms with Gasteiger partial charge in [0.05, 0.1) is 12.8 Å². The van der Waals surface area contributed by atoms with E-state index in [4.69, 9.17) is 16.6 Å². The van der Waals surface area contributed by atoms with Crippen LogP contribution >= 0.6 is 0 Å². The molecule has 1 aromatic carbocycles. The number of unbranched alkanes of at least 4 members (excludes halogenated alkanes) is 8. The lowest BCUT2D eigenvalue weighted by Crippen LogP contribution is -2.58. The Balaban J connectivity index is 0.00000418. The van der Waals surface area contributed by atoms with Crippen LogP contribution < -0.4 is 27.4 Å². The zero-order valence-corrected chi connectivity index (χ0v) is 31.1. The minimum atomic E-state index is -1.58. The predicted octanol–water partition coefficient (Wildman–Crippen LogP) is 4.75. The molecule has 2 aromatic rings. The van der Waals surface area contributed by atoms with Crippen LogP contribution in [0.3, 0.4) is 0 Å². The molecule has 4 unspecified atom stereocenters. The fraction of sp³-hybridized carbons (Fsp3) is 0.632. The van der Waals surface area contributed by atoms with Crippen molar-refractivity contribution in [2.24, 2.45) is 17.4 Å². The normalized spacial score (nSPS) is 13.2. The van der Waals surface area contributed by atoms with Crippen LogP contribution in [0, 0.1) is 5.92 Å². The van der Waals surface area contributed by atoms with E-state index in [1.807, 2.05) is 24.3 Å². The van der Waals surface area contributed by atoms with Crippen molar-refractivity contribution in [3.8, 4) is 0 Å². The van der Waals surface area contributed by atoms with Crippen molar-refractivity contribution in [2.75, 3.05) is 0 Å². The van der Waals surface area contributed by atoms with Crippen molar-refractivity contribution in [2.45, 2.75) is 149 Å². The average molecular weight is 715 g/mol. The van der Waals surface area contributed by atoms with E-state index in [0.29, 0.717) is 12.8 Å². The number of aromatic amines is 1. The number of H-pyrrole nitrogens is 1. The Morgan fingerprint density at radius 3 is 1.76 bits per heavy atom. The van der Waals surface area contributed by atoms with Crippen molar-refractivity contribution in [1.29, 1.82) is 0 Å². The molecule has 13 heteroatoms. The first-order valence-corrected chi connectivity index (χ1v) is 18.6. The molecule has 0 saturated heterocycles. The van der Waals surface area contributed by atoms with Gasteiger partial charge >= 0.3 is 5.97 Å². The van der Waals surface area contributed by atoms with Gasteiger partial charge in [-0.25, -0.2) is 0 Å². The number of hydrogen-bond acceptors (Lipinski definition) is 6. The molecule has 9 N–H and O–H groups in total. The van der Waals surface area contributed by atoms with Gasteiger partial charge in [0, 0.05) is 29.4 Å². The van der Waals surface area contributed by atoms with Gasteiger partial charge in [0.1, 0.15) is 18.1 Å². The number of carboxylic acid groups (broad SMARTS) is 1. The van der Waals surface area contributed by atoms with Crippen LogP contribution in [0.25, 0.3) is 10.9 Å². The van der Waals surface area contributed by atoms with Gasteiger partial charge in [-0.1, -0.05) is 117 Å². The molecule has 1 heterocycles. The van der Waals surface area contributed by atoms with Crippen LogP contribution in [0.1, 0.15) is 130 Å². The number of para-hydroxylation sites is 1. The number of benzene rings is 1. The smallest absolute Gasteiger partial charge is 0.305 e. The van der Waals surface area contributed by atoms with Crippen LogP contribution in [0.4, 0.5) is 0 Å². The molecular weight excluding hydrogens is 652 g/mol. The van der Waals surface area contributed by atoms with Crippen molar-refractivity contribution in [3.63, 3.8) is 0 Å². The zero-order valence-electron chi connectivity index (χ0n) is 31.1. The third-order valence-corrected chi connectivity index (χ3v) is 8.49. The van der Waals surface area contributed by atoms with Gasteiger partial charge in [-0.3, -0.25) is 28.8 Å². The Bertz CT molecular complexity index is 1380. The molecule has 0 fully saturated rings. The molecule has 5 amide bonds. The summed E-state index contributed by atoms with van der Waals surface area (Å²) in [5.74, 6) is -5.73. The zero-order chi connectivity index (χ0) is 38.2. The maximum absolute atomic E-state index is 13.9. The summed E-state index contributed by atoms with van der Waals surface area (Å²) in [4.78, 5) is 78.9. The topological polar surface area (TPSA) is 227 Å². The predicted molar refractivity (Wildman–Crippen MR) is 199 cm³/mol. The Labute approximate surface area is 302 Å². The molecule has 1 aromatic heterocycles. The minimum Gasteiger partial charge on any atom is -0.481 e. The lowest BCUT2D eigenvalue weighted by molar-refractivity contribution is -0.140. The van der Waals surface area contributed by atoms with Crippen molar-refractivity contribution in [1.82, 2.24) is 20.9 Å². The van der Waals surface area contributed by atoms with E-state index in [1.54, 1.807) is 6.20 Å². The minimum absolute atomic E-state index is 0.0784. The Morgan fingerprint density at radius 1 is 0.686 bits per heavy atom. The SMILES string of the molecule is CCC.CCCCCCCCC(CCCCCC)C(=O)NC(Cc1c[nH]c2ccccc12)C(=O)NC(CC(N)=O)C(=O)NC(CC(=O)O)C(N)=O. The lowest BCUT2D eigenvalue weighted by atomic mass is 9.92. The van der Waals surface area contributed by atoms with Gasteiger partial charge in [-0.2, -0.15) is 0 Å². The number of aliphatic carboxylic acids is 1. The first kappa shape index (κ1) is 44.6. The van der Waals surface area contributed by atoms with E-state index in [-0.39, 0.29) is 18.2 Å². The summed E-state index contributed by atoms with van der Waals surface area (Å²) in [5, 5.41) is 17.6. The Morgan fingerprint density at radius 2 is 1.20 bits per heavy atom. The van der Waals surface area contributed by atoms with E-state index >= 15 is 0 Å². The third kappa shape index (κ3) is 17.9. The van der Waals surface area contributed by atoms with E-state index in [0.717, 1.165) is 74.3 Å². The molecule has 4 atom stereocenters. The third-order valence-electron chi connectivity index (χ3n) is 8.49. The number of carboxylic acids is 1. The number of primary amides is 2.